The van der Waals surface area contributed by atoms with Gasteiger partial charge in [-0.2, -0.15) is 12.6 Å². The minimum atomic E-state index is 0.774. The molecule has 0 spiro atoms. The van der Waals surface area contributed by atoms with E-state index in [0.717, 1.165) is 23.7 Å². The van der Waals surface area contributed by atoms with Gasteiger partial charge in [-0.05, 0) is 31.2 Å². The minimum absolute atomic E-state index is 0.774. The van der Waals surface area contributed by atoms with Crippen LogP contribution in [-0.4, -0.2) is 15.7 Å². The SMILES string of the molecule is Cc1ccc(-c2ccnc(CCS)n2)c(C)c1. The highest BCUT2D eigenvalue weighted by molar-refractivity contribution is 7.80. The molecule has 1 aromatic carbocycles. The molecule has 0 saturated carbocycles. The van der Waals surface area contributed by atoms with Crippen LogP contribution >= 0.6 is 12.6 Å². The van der Waals surface area contributed by atoms with Gasteiger partial charge in [0.25, 0.3) is 0 Å². The Morgan fingerprint density at radius 2 is 2.00 bits per heavy atom. The largest absolute Gasteiger partial charge is 0.241 e. The Bertz CT molecular complexity index is 523. The third-order valence-corrected chi connectivity index (χ3v) is 2.92. The van der Waals surface area contributed by atoms with E-state index in [1.807, 2.05) is 12.3 Å². The summed E-state index contributed by atoms with van der Waals surface area (Å²) in [6.45, 7) is 4.21. The number of nitrogens with zero attached hydrogens (tertiary/aromatic N) is 2. The van der Waals surface area contributed by atoms with E-state index >= 15 is 0 Å². The molecule has 0 fully saturated rings. The first kappa shape index (κ1) is 12.1. The van der Waals surface area contributed by atoms with Gasteiger partial charge >= 0.3 is 0 Å². The van der Waals surface area contributed by atoms with E-state index < -0.39 is 0 Å². The van der Waals surface area contributed by atoms with Crippen molar-refractivity contribution in [1.29, 1.82) is 0 Å². The van der Waals surface area contributed by atoms with Crippen LogP contribution in [-0.2, 0) is 6.42 Å². The Hall–Kier alpha value is -1.35. The number of aryl methyl sites for hydroxylation is 3. The van der Waals surface area contributed by atoms with Crippen molar-refractivity contribution in [2.75, 3.05) is 5.75 Å². The van der Waals surface area contributed by atoms with Crippen molar-refractivity contribution in [3.8, 4) is 11.3 Å². The molecule has 88 valence electrons. The number of rotatable bonds is 3. The minimum Gasteiger partial charge on any atom is -0.241 e. The molecule has 0 bridgehead atoms. The van der Waals surface area contributed by atoms with Crippen LogP contribution in [0.15, 0.2) is 30.5 Å². The highest BCUT2D eigenvalue weighted by atomic mass is 32.1. The molecule has 0 saturated heterocycles. The van der Waals surface area contributed by atoms with Gasteiger partial charge in [-0.25, -0.2) is 9.97 Å². The van der Waals surface area contributed by atoms with Crippen molar-refractivity contribution in [3.63, 3.8) is 0 Å². The van der Waals surface area contributed by atoms with E-state index in [-0.39, 0.29) is 0 Å². The zero-order chi connectivity index (χ0) is 12.3. The topological polar surface area (TPSA) is 25.8 Å². The molecule has 3 heteroatoms. The van der Waals surface area contributed by atoms with Gasteiger partial charge < -0.3 is 0 Å². The standard InChI is InChI=1S/C14H16N2S/c1-10-3-4-12(11(2)9-10)13-5-7-15-14(16-13)6-8-17/h3-5,7,9,17H,6,8H2,1-2H3. The lowest BCUT2D eigenvalue weighted by Gasteiger charge is -2.07. The zero-order valence-corrected chi connectivity index (χ0v) is 11.0. The lowest BCUT2D eigenvalue weighted by molar-refractivity contribution is 0.952. The number of aromatic nitrogens is 2. The predicted molar refractivity (Wildman–Crippen MR) is 74.5 cm³/mol. The summed E-state index contributed by atoms with van der Waals surface area (Å²) >= 11 is 4.21. The van der Waals surface area contributed by atoms with Crippen LogP contribution in [0.2, 0.25) is 0 Å². The fraction of sp³-hybridized carbons (Fsp3) is 0.286. The molecule has 2 aromatic rings. The normalized spacial score (nSPS) is 10.5. The molecule has 0 aliphatic heterocycles. The van der Waals surface area contributed by atoms with Crippen molar-refractivity contribution >= 4 is 12.6 Å². The van der Waals surface area contributed by atoms with E-state index in [1.165, 1.54) is 16.7 Å². The molecule has 17 heavy (non-hydrogen) atoms. The van der Waals surface area contributed by atoms with E-state index in [9.17, 15) is 0 Å². The molecule has 0 N–H and O–H groups in total. The second-order valence-corrected chi connectivity index (χ2v) is 4.60. The van der Waals surface area contributed by atoms with Crippen LogP contribution in [0.5, 0.6) is 0 Å². The molecule has 0 amide bonds. The smallest absolute Gasteiger partial charge is 0.129 e. The summed E-state index contributed by atoms with van der Waals surface area (Å²) < 4.78 is 0. The van der Waals surface area contributed by atoms with Gasteiger partial charge in [0.2, 0.25) is 0 Å². The Kier molecular flexibility index (Phi) is 3.79. The molecular formula is C14H16N2S. The van der Waals surface area contributed by atoms with Gasteiger partial charge in [0.05, 0.1) is 5.69 Å². The van der Waals surface area contributed by atoms with Crippen LogP contribution < -0.4 is 0 Å². The van der Waals surface area contributed by atoms with E-state index in [0.29, 0.717) is 0 Å². The highest BCUT2D eigenvalue weighted by Gasteiger charge is 2.04. The fourth-order valence-electron chi connectivity index (χ4n) is 1.87. The van der Waals surface area contributed by atoms with Crippen molar-refractivity contribution in [3.05, 3.63) is 47.4 Å². The molecule has 1 heterocycles. The maximum Gasteiger partial charge on any atom is 0.129 e. The van der Waals surface area contributed by atoms with Gasteiger partial charge in [-0.3, -0.25) is 0 Å². The molecule has 0 atom stereocenters. The molecule has 0 radical (unpaired) electrons. The summed E-state index contributed by atoms with van der Waals surface area (Å²) in [5, 5.41) is 0. The van der Waals surface area contributed by atoms with Crippen molar-refractivity contribution < 1.29 is 0 Å². The second-order valence-electron chi connectivity index (χ2n) is 4.15. The molecule has 2 rings (SSSR count). The summed E-state index contributed by atoms with van der Waals surface area (Å²) in [5.41, 5.74) is 4.70. The Balaban J connectivity index is 2.42. The maximum atomic E-state index is 4.56. The van der Waals surface area contributed by atoms with Crippen LogP contribution in [0, 0.1) is 13.8 Å². The zero-order valence-electron chi connectivity index (χ0n) is 10.1. The number of hydrogen-bond acceptors (Lipinski definition) is 3. The summed E-state index contributed by atoms with van der Waals surface area (Å²) in [6.07, 6.45) is 2.63. The average molecular weight is 244 g/mol. The summed E-state index contributed by atoms with van der Waals surface area (Å²) in [5.74, 6) is 1.63. The van der Waals surface area contributed by atoms with E-state index in [1.54, 1.807) is 0 Å². The van der Waals surface area contributed by atoms with Gasteiger partial charge in [0.15, 0.2) is 0 Å². The lowest BCUT2D eigenvalue weighted by atomic mass is 10.0. The summed E-state index contributed by atoms with van der Waals surface area (Å²) in [7, 11) is 0. The molecule has 2 nitrogen and oxygen atoms in total. The number of benzene rings is 1. The van der Waals surface area contributed by atoms with E-state index in [2.05, 4.69) is 54.6 Å². The van der Waals surface area contributed by atoms with Crippen LogP contribution in [0.4, 0.5) is 0 Å². The lowest BCUT2D eigenvalue weighted by Crippen LogP contribution is -1.98. The molecule has 0 aliphatic rings. The second kappa shape index (κ2) is 5.32. The Morgan fingerprint density at radius 3 is 2.71 bits per heavy atom. The van der Waals surface area contributed by atoms with Gasteiger partial charge in [0.1, 0.15) is 5.82 Å². The highest BCUT2D eigenvalue weighted by Crippen LogP contribution is 2.22. The predicted octanol–water partition coefficient (Wildman–Crippen LogP) is 3.23. The first-order chi connectivity index (χ1) is 8.20. The molecular weight excluding hydrogens is 228 g/mol. The Labute approximate surface area is 108 Å². The number of thiol groups is 1. The quantitative estimate of drug-likeness (QED) is 0.839. The van der Waals surface area contributed by atoms with Gasteiger partial charge in [-0.1, -0.05) is 23.8 Å². The molecule has 0 aliphatic carbocycles. The number of hydrogen-bond donors (Lipinski definition) is 1. The van der Waals surface area contributed by atoms with Crippen LogP contribution in [0.3, 0.4) is 0 Å². The fourth-order valence-corrected chi connectivity index (χ4v) is 2.07. The monoisotopic (exact) mass is 244 g/mol. The third kappa shape index (κ3) is 2.86. The van der Waals surface area contributed by atoms with Gasteiger partial charge in [-0.15, -0.1) is 0 Å². The average Bonchev–Trinajstić information content (AvgIpc) is 2.29. The van der Waals surface area contributed by atoms with Crippen LogP contribution in [0.1, 0.15) is 17.0 Å². The summed E-state index contributed by atoms with van der Waals surface area (Å²) in [6, 6.07) is 8.37. The molecule has 0 unspecified atom stereocenters. The van der Waals surface area contributed by atoms with Gasteiger partial charge in [0, 0.05) is 18.2 Å². The maximum absolute atomic E-state index is 4.56. The van der Waals surface area contributed by atoms with Crippen molar-refractivity contribution in [2.45, 2.75) is 20.3 Å². The van der Waals surface area contributed by atoms with E-state index in [4.69, 9.17) is 0 Å². The summed E-state index contributed by atoms with van der Waals surface area (Å²) in [4.78, 5) is 8.81. The van der Waals surface area contributed by atoms with Crippen molar-refractivity contribution in [2.24, 2.45) is 0 Å². The molecule has 1 aromatic heterocycles. The van der Waals surface area contributed by atoms with Crippen molar-refractivity contribution in [1.82, 2.24) is 9.97 Å². The first-order valence-corrected chi connectivity index (χ1v) is 6.34. The first-order valence-electron chi connectivity index (χ1n) is 5.71. The Morgan fingerprint density at radius 1 is 1.18 bits per heavy atom. The van der Waals surface area contributed by atoms with Crippen LogP contribution in [0.25, 0.3) is 11.3 Å². The third-order valence-electron chi connectivity index (χ3n) is 2.70.